The van der Waals surface area contributed by atoms with Crippen LogP contribution in [0.1, 0.15) is 5.56 Å². The number of hydrazone groups is 1. The van der Waals surface area contributed by atoms with Gasteiger partial charge < -0.3 is 9.64 Å². The van der Waals surface area contributed by atoms with E-state index in [0.29, 0.717) is 13.2 Å². The molecule has 0 bridgehead atoms. The van der Waals surface area contributed by atoms with Crippen molar-refractivity contribution in [2.75, 3.05) is 50.7 Å². The molecule has 0 aliphatic carbocycles. The van der Waals surface area contributed by atoms with Gasteiger partial charge >= 0.3 is 0 Å². The lowest BCUT2D eigenvalue weighted by Crippen LogP contribution is -2.40. The Balaban J connectivity index is 1.79. The maximum absolute atomic E-state index is 12.7. The van der Waals surface area contributed by atoms with Gasteiger partial charge in [0, 0.05) is 38.9 Å². The molecule has 160 valence electrons. The second kappa shape index (κ2) is 9.20. The molecule has 1 saturated heterocycles. The summed E-state index contributed by atoms with van der Waals surface area (Å²) < 4.78 is 31.9. The molecule has 0 amide bonds. The Morgan fingerprint density at radius 2 is 1.83 bits per heavy atom. The van der Waals surface area contributed by atoms with E-state index < -0.39 is 14.9 Å². The molecule has 10 nitrogen and oxygen atoms in total. The Morgan fingerprint density at radius 3 is 2.43 bits per heavy atom. The third-order valence-electron chi connectivity index (χ3n) is 4.58. The van der Waals surface area contributed by atoms with Crippen molar-refractivity contribution in [1.82, 2.24) is 4.31 Å². The van der Waals surface area contributed by atoms with Crippen molar-refractivity contribution in [3.8, 4) is 0 Å². The number of nitrogens with zero attached hydrogens (tertiary/aromatic N) is 4. The van der Waals surface area contributed by atoms with E-state index in [4.69, 9.17) is 4.74 Å². The van der Waals surface area contributed by atoms with Crippen molar-refractivity contribution in [2.45, 2.75) is 4.90 Å². The maximum atomic E-state index is 12.7. The molecule has 2 aromatic carbocycles. The van der Waals surface area contributed by atoms with Crippen LogP contribution in [0.2, 0.25) is 0 Å². The molecule has 3 rings (SSSR count). The third kappa shape index (κ3) is 4.93. The fourth-order valence-corrected chi connectivity index (χ4v) is 4.32. The molecular weight excluding hydrogens is 410 g/mol. The van der Waals surface area contributed by atoms with E-state index in [0.717, 1.165) is 17.3 Å². The molecule has 0 radical (unpaired) electrons. The van der Waals surface area contributed by atoms with Crippen LogP contribution in [-0.2, 0) is 14.8 Å². The number of nitrogens with one attached hydrogen (secondary N) is 1. The standard InChI is InChI=1S/C19H23N5O5S/c1-22(2)16-5-3-15(4-6-16)14-20-21-18-8-7-17(13-19(18)24(25)26)30(27,28)23-9-11-29-12-10-23/h3-8,13-14,21H,9-12H2,1-2H3/b20-14-. The summed E-state index contributed by atoms with van der Waals surface area (Å²) >= 11 is 0. The molecule has 1 aliphatic rings. The third-order valence-corrected chi connectivity index (χ3v) is 6.48. The van der Waals surface area contributed by atoms with Crippen molar-refractivity contribution in [3.63, 3.8) is 0 Å². The second-order valence-corrected chi connectivity index (χ2v) is 8.75. The summed E-state index contributed by atoms with van der Waals surface area (Å²) in [6.45, 7) is 1.02. The van der Waals surface area contributed by atoms with Crippen LogP contribution in [0, 0.1) is 10.1 Å². The minimum absolute atomic E-state index is 0.0992. The van der Waals surface area contributed by atoms with Gasteiger partial charge in [-0.25, -0.2) is 8.42 Å². The predicted molar refractivity (Wildman–Crippen MR) is 115 cm³/mol. The Morgan fingerprint density at radius 1 is 1.17 bits per heavy atom. The summed E-state index contributed by atoms with van der Waals surface area (Å²) in [7, 11) is 0.0436. The van der Waals surface area contributed by atoms with Crippen molar-refractivity contribution in [3.05, 3.63) is 58.1 Å². The second-order valence-electron chi connectivity index (χ2n) is 6.81. The van der Waals surface area contributed by atoms with Crippen molar-refractivity contribution < 1.29 is 18.1 Å². The van der Waals surface area contributed by atoms with Gasteiger partial charge in [0.25, 0.3) is 5.69 Å². The highest BCUT2D eigenvalue weighted by Crippen LogP contribution is 2.29. The van der Waals surface area contributed by atoms with Crippen LogP contribution in [0.5, 0.6) is 0 Å². The molecule has 1 aliphatic heterocycles. The first kappa shape index (κ1) is 21.7. The molecule has 1 heterocycles. The monoisotopic (exact) mass is 433 g/mol. The number of ether oxygens (including phenoxy) is 1. The van der Waals surface area contributed by atoms with E-state index in [1.54, 1.807) is 0 Å². The molecule has 0 unspecified atom stereocenters. The molecule has 0 aromatic heterocycles. The number of sulfonamides is 1. The number of benzene rings is 2. The smallest absolute Gasteiger partial charge is 0.295 e. The number of hydrogen-bond acceptors (Lipinski definition) is 8. The molecule has 30 heavy (non-hydrogen) atoms. The number of rotatable bonds is 7. The van der Waals surface area contributed by atoms with Crippen LogP contribution in [0.25, 0.3) is 0 Å². The van der Waals surface area contributed by atoms with Gasteiger partial charge in [0.05, 0.1) is 29.2 Å². The van der Waals surface area contributed by atoms with Crippen LogP contribution >= 0.6 is 0 Å². The van der Waals surface area contributed by atoms with Crippen LogP contribution in [0.15, 0.2) is 52.5 Å². The summed E-state index contributed by atoms with van der Waals surface area (Å²) in [4.78, 5) is 12.7. The van der Waals surface area contributed by atoms with Crippen LogP contribution < -0.4 is 10.3 Å². The Kier molecular flexibility index (Phi) is 6.65. The highest BCUT2D eigenvalue weighted by Gasteiger charge is 2.28. The van der Waals surface area contributed by atoms with E-state index in [1.807, 2.05) is 43.3 Å². The largest absolute Gasteiger partial charge is 0.379 e. The lowest BCUT2D eigenvalue weighted by molar-refractivity contribution is -0.384. The van der Waals surface area contributed by atoms with Gasteiger partial charge in [-0.05, 0) is 29.8 Å². The van der Waals surface area contributed by atoms with E-state index in [2.05, 4.69) is 10.5 Å². The molecule has 2 aromatic rings. The fraction of sp³-hybridized carbons (Fsp3) is 0.316. The number of hydrogen-bond donors (Lipinski definition) is 1. The first-order valence-corrected chi connectivity index (χ1v) is 10.7. The number of nitro groups is 1. The molecule has 1 N–H and O–H groups in total. The zero-order valence-electron chi connectivity index (χ0n) is 16.7. The van der Waals surface area contributed by atoms with Crippen molar-refractivity contribution in [1.29, 1.82) is 0 Å². The normalized spacial score (nSPS) is 15.3. The van der Waals surface area contributed by atoms with Gasteiger partial charge in [-0.3, -0.25) is 15.5 Å². The number of nitro benzene ring substituents is 1. The van der Waals surface area contributed by atoms with Crippen molar-refractivity contribution in [2.24, 2.45) is 5.10 Å². The zero-order valence-corrected chi connectivity index (χ0v) is 17.5. The van der Waals surface area contributed by atoms with E-state index in [1.165, 1.54) is 22.7 Å². The lowest BCUT2D eigenvalue weighted by Gasteiger charge is -2.26. The van der Waals surface area contributed by atoms with Gasteiger partial charge in [-0.1, -0.05) is 12.1 Å². The SMILES string of the molecule is CN(C)c1ccc(/C=N\Nc2ccc(S(=O)(=O)N3CCOCC3)cc2[N+](=O)[O-])cc1. The number of anilines is 2. The maximum Gasteiger partial charge on any atom is 0.295 e. The average molecular weight is 433 g/mol. The first-order valence-electron chi connectivity index (χ1n) is 9.22. The molecular formula is C19H23N5O5S. The lowest BCUT2D eigenvalue weighted by atomic mass is 10.2. The Labute approximate surface area is 174 Å². The van der Waals surface area contributed by atoms with Crippen LogP contribution in [0.4, 0.5) is 17.1 Å². The van der Waals surface area contributed by atoms with Gasteiger partial charge in [-0.15, -0.1) is 0 Å². The minimum atomic E-state index is -3.83. The zero-order chi connectivity index (χ0) is 21.7. The average Bonchev–Trinajstić information content (AvgIpc) is 2.74. The molecule has 11 heteroatoms. The summed E-state index contributed by atoms with van der Waals surface area (Å²) in [5.74, 6) is 0. The summed E-state index contributed by atoms with van der Waals surface area (Å²) in [5, 5.41) is 15.5. The minimum Gasteiger partial charge on any atom is -0.379 e. The van der Waals surface area contributed by atoms with Crippen LogP contribution in [0.3, 0.4) is 0 Å². The predicted octanol–water partition coefficient (Wildman–Crippen LogP) is 2.13. The Bertz CT molecular complexity index is 1030. The molecule has 0 atom stereocenters. The highest BCUT2D eigenvalue weighted by atomic mass is 32.2. The molecule has 1 fully saturated rings. The summed E-state index contributed by atoms with van der Waals surface area (Å²) in [5.41, 5.74) is 4.20. The fourth-order valence-electron chi connectivity index (χ4n) is 2.89. The van der Waals surface area contributed by atoms with E-state index in [-0.39, 0.29) is 29.4 Å². The highest BCUT2D eigenvalue weighted by molar-refractivity contribution is 7.89. The molecule has 0 saturated carbocycles. The topological polar surface area (TPSA) is 117 Å². The Hall–Kier alpha value is -3.02. The first-order chi connectivity index (χ1) is 14.3. The van der Waals surface area contributed by atoms with Gasteiger partial charge in [0.15, 0.2) is 0 Å². The van der Waals surface area contributed by atoms with Gasteiger partial charge in [0.1, 0.15) is 5.69 Å². The number of morpholine rings is 1. The van der Waals surface area contributed by atoms with E-state index in [9.17, 15) is 18.5 Å². The van der Waals surface area contributed by atoms with Gasteiger partial charge in [-0.2, -0.15) is 9.41 Å². The van der Waals surface area contributed by atoms with Crippen LogP contribution in [-0.4, -0.2) is 64.3 Å². The summed E-state index contributed by atoms with van der Waals surface area (Å²) in [6, 6.07) is 11.3. The molecule has 0 spiro atoms. The van der Waals surface area contributed by atoms with E-state index >= 15 is 0 Å². The summed E-state index contributed by atoms with van der Waals surface area (Å²) in [6.07, 6.45) is 1.53. The van der Waals surface area contributed by atoms with Crippen molar-refractivity contribution >= 4 is 33.3 Å². The van der Waals surface area contributed by atoms with Gasteiger partial charge in [0.2, 0.25) is 10.0 Å². The quantitative estimate of drug-likeness (QED) is 0.404.